The van der Waals surface area contributed by atoms with Crippen LogP contribution in [0.25, 0.3) is 0 Å². The van der Waals surface area contributed by atoms with E-state index in [1.165, 1.54) is 38.5 Å². The minimum absolute atomic E-state index is 0.0545. The molecule has 3 heteroatoms. The Balaban J connectivity index is 1.83. The maximum atomic E-state index is 12.3. The molecule has 0 radical (unpaired) electrons. The Morgan fingerprint density at radius 2 is 2.00 bits per heavy atom. The summed E-state index contributed by atoms with van der Waals surface area (Å²) >= 11 is 0. The van der Waals surface area contributed by atoms with Gasteiger partial charge in [0, 0.05) is 6.54 Å². The van der Waals surface area contributed by atoms with Crippen molar-refractivity contribution < 1.29 is 4.79 Å². The molecule has 1 heterocycles. The van der Waals surface area contributed by atoms with E-state index in [1.54, 1.807) is 0 Å². The largest absolute Gasteiger partial charge is 0.326 e. The standard InChI is InChI=1S/C16H30N2O/c1-4-14-16(19)18(15(17-14)12(2)3)11-7-10-13-8-5-6-9-13/h12-15,17H,4-11H2,1-3H3. The molecule has 3 nitrogen and oxygen atoms in total. The summed E-state index contributed by atoms with van der Waals surface area (Å²) in [5.41, 5.74) is 0. The average Bonchev–Trinajstić information content (AvgIpc) is 2.98. The van der Waals surface area contributed by atoms with Crippen LogP contribution >= 0.6 is 0 Å². The van der Waals surface area contributed by atoms with Crippen LogP contribution in [-0.4, -0.2) is 29.6 Å². The lowest BCUT2D eigenvalue weighted by atomic mass is 10.0. The number of nitrogens with one attached hydrogen (secondary N) is 1. The molecule has 2 atom stereocenters. The Morgan fingerprint density at radius 3 is 2.58 bits per heavy atom. The van der Waals surface area contributed by atoms with Crippen molar-refractivity contribution in [3.63, 3.8) is 0 Å². The van der Waals surface area contributed by atoms with Gasteiger partial charge in [-0.3, -0.25) is 10.1 Å². The molecule has 0 aromatic carbocycles. The Labute approximate surface area is 118 Å². The maximum Gasteiger partial charge on any atom is 0.241 e. The second kappa shape index (κ2) is 6.74. The fraction of sp³-hybridized carbons (Fsp3) is 0.938. The number of amides is 1. The quantitative estimate of drug-likeness (QED) is 0.801. The molecule has 1 amide bonds. The van der Waals surface area contributed by atoms with Crippen molar-refractivity contribution in [1.82, 2.24) is 10.2 Å². The molecule has 0 aromatic rings. The van der Waals surface area contributed by atoms with Crippen LogP contribution in [0.4, 0.5) is 0 Å². The van der Waals surface area contributed by atoms with Crippen molar-refractivity contribution in [1.29, 1.82) is 0 Å². The van der Waals surface area contributed by atoms with Crippen molar-refractivity contribution in [3.05, 3.63) is 0 Å². The van der Waals surface area contributed by atoms with Crippen LogP contribution in [0.1, 0.15) is 65.7 Å². The number of hydrogen-bond acceptors (Lipinski definition) is 2. The van der Waals surface area contributed by atoms with E-state index in [0.29, 0.717) is 11.8 Å². The lowest BCUT2D eigenvalue weighted by Gasteiger charge is -2.27. The minimum atomic E-state index is 0.0545. The summed E-state index contributed by atoms with van der Waals surface area (Å²) in [4.78, 5) is 14.4. The van der Waals surface area contributed by atoms with Gasteiger partial charge in [-0.25, -0.2) is 0 Å². The van der Waals surface area contributed by atoms with E-state index in [-0.39, 0.29) is 12.2 Å². The summed E-state index contributed by atoms with van der Waals surface area (Å²) in [7, 11) is 0. The van der Waals surface area contributed by atoms with Gasteiger partial charge in [0.1, 0.15) is 0 Å². The fourth-order valence-electron chi connectivity index (χ4n) is 3.65. The molecule has 1 aliphatic heterocycles. The predicted octanol–water partition coefficient (Wildman–Crippen LogP) is 3.15. The van der Waals surface area contributed by atoms with Crippen LogP contribution in [0.15, 0.2) is 0 Å². The third-order valence-corrected chi connectivity index (χ3v) is 4.81. The lowest BCUT2D eigenvalue weighted by Crippen LogP contribution is -2.42. The van der Waals surface area contributed by atoms with Gasteiger partial charge < -0.3 is 4.90 Å². The summed E-state index contributed by atoms with van der Waals surface area (Å²) in [5, 5.41) is 3.49. The van der Waals surface area contributed by atoms with Gasteiger partial charge in [-0.1, -0.05) is 46.5 Å². The van der Waals surface area contributed by atoms with Crippen molar-refractivity contribution in [2.24, 2.45) is 11.8 Å². The van der Waals surface area contributed by atoms with Crippen LogP contribution in [-0.2, 0) is 4.79 Å². The van der Waals surface area contributed by atoms with Gasteiger partial charge in [-0.05, 0) is 31.1 Å². The lowest BCUT2D eigenvalue weighted by molar-refractivity contribution is -0.130. The third kappa shape index (κ3) is 3.50. The first-order valence-corrected chi connectivity index (χ1v) is 8.20. The summed E-state index contributed by atoms with van der Waals surface area (Å²) in [6, 6.07) is 0.0545. The van der Waals surface area contributed by atoms with Gasteiger partial charge in [0.25, 0.3) is 0 Å². The molecule has 2 aliphatic rings. The minimum Gasteiger partial charge on any atom is -0.326 e. The average molecular weight is 266 g/mol. The summed E-state index contributed by atoms with van der Waals surface area (Å²) in [6.45, 7) is 7.44. The molecule has 0 bridgehead atoms. The van der Waals surface area contributed by atoms with Gasteiger partial charge >= 0.3 is 0 Å². The molecule has 1 saturated carbocycles. The number of carbonyl (C=O) groups excluding carboxylic acids is 1. The highest BCUT2D eigenvalue weighted by molar-refractivity contribution is 5.84. The van der Waals surface area contributed by atoms with Crippen LogP contribution in [0.2, 0.25) is 0 Å². The molecule has 1 aliphatic carbocycles. The Hall–Kier alpha value is -0.570. The van der Waals surface area contributed by atoms with E-state index in [0.717, 1.165) is 18.9 Å². The molecule has 0 spiro atoms. The van der Waals surface area contributed by atoms with E-state index in [4.69, 9.17) is 0 Å². The Morgan fingerprint density at radius 1 is 1.32 bits per heavy atom. The highest BCUT2D eigenvalue weighted by Gasteiger charge is 2.38. The second-order valence-electron chi connectivity index (χ2n) is 6.64. The zero-order valence-corrected chi connectivity index (χ0v) is 12.8. The smallest absolute Gasteiger partial charge is 0.241 e. The van der Waals surface area contributed by atoms with Crippen LogP contribution in [0.3, 0.4) is 0 Å². The molecular formula is C16H30N2O. The highest BCUT2D eigenvalue weighted by Crippen LogP contribution is 2.29. The zero-order valence-electron chi connectivity index (χ0n) is 12.8. The number of hydrogen-bond donors (Lipinski definition) is 1. The van der Waals surface area contributed by atoms with Gasteiger partial charge in [0.05, 0.1) is 12.2 Å². The van der Waals surface area contributed by atoms with Gasteiger partial charge in [-0.2, -0.15) is 0 Å². The highest BCUT2D eigenvalue weighted by atomic mass is 16.2. The normalized spacial score (nSPS) is 28.8. The molecule has 2 unspecified atom stereocenters. The van der Waals surface area contributed by atoms with E-state index in [2.05, 4.69) is 31.0 Å². The van der Waals surface area contributed by atoms with E-state index in [1.807, 2.05) is 0 Å². The molecule has 1 saturated heterocycles. The van der Waals surface area contributed by atoms with Crippen molar-refractivity contribution >= 4 is 5.91 Å². The van der Waals surface area contributed by atoms with Crippen molar-refractivity contribution in [2.45, 2.75) is 77.9 Å². The van der Waals surface area contributed by atoms with Crippen LogP contribution in [0, 0.1) is 11.8 Å². The Bertz CT molecular complexity index is 297. The van der Waals surface area contributed by atoms with Crippen molar-refractivity contribution in [3.8, 4) is 0 Å². The Kier molecular flexibility index (Phi) is 5.26. The maximum absolute atomic E-state index is 12.3. The monoisotopic (exact) mass is 266 g/mol. The van der Waals surface area contributed by atoms with Crippen molar-refractivity contribution in [2.75, 3.05) is 6.54 Å². The first kappa shape index (κ1) is 14.8. The van der Waals surface area contributed by atoms with Crippen LogP contribution in [0.5, 0.6) is 0 Å². The summed E-state index contributed by atoms with van der Waals surface area (Å²) in [6.07, 6.45) is 9.31. The molecule has 1 N–H and O–H groups in total. The van der Waals surface area contributed by atoms with E-state index < -0.39 is 0 Å². The van der Waals surface area contributed by atoms with Gasteiger partial charge in [0.2, 0.25) is 5.91 Å². The van der Waals surface area contributed by atoms with E-state index >= 15 is 0 Å². The topological polar surface area (TPSA) is 32.3 Å². The number of carbonyl (C=O) groups is 1. The first-order valence-electron chi connectivity index (χ1n) is 8.20. The van der Waals surface area contributed by atoms with Gasteiger partial charge in [-0.15, -0.1) is 0 Å². The molecule has 0 aromatic heterocycles. The number of rotatable bonds is 6. The predicted molar refractivity (Wildman–Crippen MR) is 78.7 cm³/mol. The molecule has 19 heavy (non-hydrogen) atoms. The summed E-state index contributed by atoms with van der Waals surface area (Å²) < 4.78 is 0. The SMILES string of the molecule is CCC1NC(C(C)C)N(CCCC2CCCC2)C1=O. The third-order valence-electron chi connectivity index (χ3n) is 4.81. The molecule has 2 rings (SSSR count). The molecular weight excluding hydrogens is 236 g/mol. The van der Waals surface area contributed by atoms with E-state index in [9.17, 15) is 4.79 Å². The molecule has 110 valence electrons. The summed E-state index contributed by atoms with van der Waals surface area (Å²) in [5.74, 6) is 1.75. The second-order valence-corrected chi connectivity index (χ2v) is 6.64. The van der Waals surface area contributed by atoms with Gasteiger partial charge in [0.15, 0.2) is 0 Å². The number of nitrogens with zero attached hydrogens (tertiary/aromatic N) is 1. The zero-order chi connectivity index (χ0) is 13.8. The first-order chi connectivity index (χ1) is 9.13. The molecule has 2 fully saturated rings. The fourth-order valence-corrected chi connectivity index (χ4v) is 3.65. The van der Waals surface area contributed by atoms with Crippen LogP contribution < -0.4 is 5.32 Å².